The molecule has 0 saturated heterocycles. The maximum Gasteiger partial charge on any atom is 0.225 e. The van der Waals surface area contributed by atoms with Crippen molar-refractivity contribution in [3.8, 4) is 0 Å². The third-order valence-corrected chi connectivity index (χ3v) is 4.23. The van der Waals surface area contributed by atoms with E-state index in [2.05, 4.69) is 5.32 Å². The van der Waals surface area contributed by atoms with E-state index < -0.39 is 5.54 Å². The van der Waals surface area contributed by atoms with Crippen molar-refractivity contribution in [1.82, 2.24) is 5.32 Å². The number of hydrogen-bond donors (Lipinski definition) is 2. The van der Waals surface area contributed by atoms with Gasteiger partial charge in [-0.05, 0) is 30.5 Å². The molecule has 3 nitrogen and oxygen atoms in total. The molecule has 0 aromatic heterocycles. The van der Waals surface area contributed by atoms with Crippen molar-refractivity contribution in [1.29, 1.82) is 0 Å². The molecule has 1 aromatic rings. The van der Waals surface area contributed by atoms with Crippen LogP contribution in [-0.2, 0) is 11.2 Å². The number of halogens is 3. The molecule has 1 amide bonds. The lowest BCUT2D eigenvalue weighted by Gasteiger charge is -2.33. The largest absolute Gasteiger partial charge is 0.349 e. The van der Waals surface area contributed by atoms with Gasteiger partial charge >= 0.3 is 0 Å². The average molecular weight is 340 g/mol. The Morgan fingerprint density at radius 2 is 1.85 bits per heavy atom. The second kappa shape index (κ2) is 8.08. The Hall–Kier alpha value is -0.480. The van der Waals surface area contributed by atoms with Crippen LogP contribution >= 0.6 is 35.6 Å². The number of nitrogens with one attached hydrogen (secondary N) is 1. The van der Waals surface area contributed by atoms with Crippen molar-refractivity contribution in [2.45, 2.75) is 32.7 Å². The third-order valence-electron chi connectivity index (χ3n) is 3.52. The summed E-state index contributed by atoms with van der Waals surface area (Å²) in [5, 5.41) is 3.97. The molecule has 0 aliphatic carbocycles. The maximum absolute atomic E-state index is 12.1. The highest BCUT2D eigenvalue weighted by atomic mass is 35.5. The smallest absolute Gasteiger partial charge is 0.225 e. The molecule has 1 atom stereocenters. The molecule has 0 heterocycles. The van der Waals surface area contributed by atoms with Crippen LogP contribution in [0.15, 0.2) is 18.2 Å². The molecule has 1 unspecified atom stereocenters. The van der Waals surface area contributed by atoms with Gasteiger partial charge in [-0.25, -0.2) is 0 Å². The lowest BCUT2D eigenvalue weighted by atomic mass is 9.88. The predicted molar refractivity (Wildman–Crippen MR) is 87.9 cm³/mol. The summed E-state index contributed by atoms with van der Waals surface area (Å²) in [6.45, 7) is 6.36. The highest BCUT2D eigenvalue weighted by molar-refractivity contribution is 6.36. The van der Waals surface area contributed by atoms with Crippen LogP contribution in [-0.4, -0.2) is 18.0 Å². The van der Waals surface area contributed by atoms with E-state index in [-0.39, 0.29) is 30.7 Å². The van der Waals surface area contributed by atoms with Gasteiger partial charge in [0.15, 0.2) is 0 Å². The summed E-state index contributed by atoms with van der Waals surface area (Å²) in [6, 6.07) is 5.20. The van der Waals surface area contributed by atoms with E-state index in [1.165, 1.54) is 0 Å². The van der Waals surface area contributed by atoms with Crippen molar-refractivity contribution in [2.24, 2.45) is 11.7 Å². The van der Waals surface area contributed by atoms with Crippen LogP contribution in [0, 0.1) is 5.92 Å². The zero-order valence-electron chi connectivity index (χ0n) is 11.9. The molecule has 0 saturated carbocycles. The zero-order chi connectivity index (χ0) is 14.6. The Morgan fingerprint density at radius 3 is 2.25 bits per heavy atom. The van der Waals surface area contributed by atoms with Crippen LogP contribution in [0.25, 0.3) is 0 Å². The van der Waals surface area contributed by atoms with Gasteiger partial charge in [-0.1, -0.05) is 43.1 Å². The van der Waals surface area contributed by atoms with Gasteiger partial charge in [0.25, 0.3) is 0 Å². The third kappa shape index (κ3) is 4.81. The van der Waals surface area contributed by atoms with E-state index in [1.54, 1.807) is 18.2 Å². The van der Waals surface area contributed by atoms with Gasteiger partial charge in [0.1, 0.15) is 0 Å². The monoisotopic (exact) mass is 338 g/mol. The van der Waals surface area contributed by atoms with Crippen LogP contribution in [0.2, 0.25) is 10.0 Å². The summed E-state index contributed by atoms with van der Waals surface area (Å²) in [6.07, 6.45) is 0.154. The van der Waals surface area contributed by atoms with Gasteiger partial charge in [0.05, 0.1) is 12.0 Å². The first-order valence-corrected chi connectivity index (χ1v) is 6.99. The van der Waals surface area contributed by atoms with Crippen LogP contribution in [0.1, 0.15) is 26.3 Å². The molecule has 3 N–H and O–H groups in total. The molecule has 0 radical (unpaired) electrons. The number of benzene rings is 1. The Kier molecular flexibility index (Phi) is 7.89. The van der Waals surface area contributed by atoms with E-state index in [0.717, 1.165) is 0 Å². The van der Waals surface area contributed by atoms with Crippen LogP contribution in [0.4, 0.5) is 0 Å². The topological polar surface area (TPSA) is 55.1 Å². The second-order valence-electron chi connectivity index (χ2n) is 5.20. The zero-order valence-corrected chi connectivity index (χ0v) is 14.2. The first-order valence-electron chi connectivity index (χ1n) is 6.24. The van der Waals surface area contributed by atoms with Gasteiger partial charge in [0, 0.05) is 16.6 Å². The van der Waals surface area contributed by atoms with Crippen LogP contribution < -0.4 is 11.1 Å². The number of rotatable bonds is 5. The summed E-state index contributed by atoms with van der Waals surface area (Å²) in [5.41, 5.74) is 5.96. The first kappa shape index (κ1) is 19.5. The minimum absolute atomic E-state index is 0. The molecule has 1 rings (SSSR count). The molecule has 1 aromatic carbocycles. The van der Waals surface area contributed by atoms with Gasteiger partial charge in [-0.2, -0.15) is 0 Å². The van der Waals surface area contributed by atoms with E-state index in [4.69, 9.17) is 28.9 Å². The van der Waals surface area contributed by atoms with E-state index in [9.17, 15) is 4.79 Å². The second-order valence-corrected chi connectivity index (χ2v) is 6.02. The number of amides is 1. The van der Waals surface area contributed by atoms with Gasteiger partial charge in [-0.15, -0.1) is 12.4 Å². The quantitative estimate of drug-likeness (QED) is 0.863. The normalized spacial score (nSPS) is 13.6. The van der Waals surface area contributed by atoms with Crippen LogP contribution in [0.5, 0.6) is 0 Å². The Bertz CT molecular complexity index is 445. The van der Waals surface area contributed by atoms with Crippen molar-refractivity contribution in [3.63, 3.8) is 0 Å². The van der Waals surface area contributed by atoms with E-state index in [1.807, 2.05) is 20.8 Å². The molecule has 0 aliphatic rings. The first-order chi connectivity index (χ1) is 8.80. The van der Waals surface area contributed by atoms with Gasteiger partial charge < -0.3 is 11.1 Å². The SMILES string of the molecule is CC(C)C(C)(CN)NC(=O)Cc1c(Cl)cccc1Cl.Cl. The molecular weight excluding hydrogens is 319 g/mol. The fourth-order valence-electron chi connectivity index (χ4n) is 1.66. The molecule has 0 aliphatic heterocycles. The van der Waals surface area contributed by atoms with Crippen LogP contribution in [0.3, 0.4) is 0 Å². The molecular formula is C14H21Cl3N2O. The fourth-order valence-corrected chi connectivity index (χ4v) is 2.19. The van der Waals surface area contributed by atoms with Crippen molar-refractivity contribution < 1.29 is 4.79 Å². The predicted octanol–water partition coefficient (Wildman–Crippen LogP) is 3.45. The minimum atomic E-state index is -0.426. The lowest BCUT2D eigenvalue weighted by molar-refractivity contribution is -0.122. The summed E-state index contributed by atoms with van der Waals surface area (Å²) < 4.78 is 0. The standard InChI is InChI=1S/C14H20Cl2N2O.ClH/c1-9(2)14(3,8-17)18-13(19)7-10-11(15)5-4-6-12(10)16;/h4-6,9H,7-8,17H2,1-3H3,(H,18,19);1H. The van der Waals surface area contributed by atoms with Gasteiger partial charge in [-0.3, -0.25) is 4.79 Å². The minimum Gasteiger partial charge on any atom is -0.349 e. The number of hydrogen-bond acceptors (Lipinski definition) is 2. The van der Waals surface area contributed by atoms with E-state index >= 15 is 0 Å². The van der Waals surface area contributed by atoms with Crippen molar-refractivity contribution in [3.05, 3.63) is 33.8 Å². The molecule has 6 heteroatoms. The summed E-state index contributed by atoms with van der Waals surface area (Å²) in [5.74, 6) is 0.111. The number of carbonyl (C=O) groups excluding carboxylic acids is 1. The Balaban J connectivity index is 0.00000361. The molecule has 20 heavy (non-hydrogen) atoms. The summed E-state index contributed by atoms with van der Waals surface area (Å²) in [7, 11) is 0. The lowest BCUT2D eigenvalue weighted by Crippen LogP contribution is -2.55. The highest BCUT2D eigenvalue weighted by Crippen LogP contribution is 2.25. The van der Waals surface area contributed by atoms with Crippen molar-refractivity contribution >= 4 is 41.5 Å². The van der Waals surface area contributed by atoms with Gasteiger partial charge in [0.2, 0.25) is 5.91 Å². The Labute approximate surface area is 136 Å². The average Bonchev–Trinajstić information content (AvgIpc) is 2.33. The van der Waals surface area contributed by atoms with Crippen molar-refractivity contribution in [2.75, 3.05) is 6.54 Å². The molecule has 0 spiro atoms. The number of carbonyl (C=O) groups is 1. The molecule has 0 bridgehead atoms. The Morgan fingerprint density at radius 1 is 1.35 bits per heavy atom. The summed E-state index contributed by atoms with van der Waals surface area (Å²) >= 11 is 12.1. The maximum atomic E-state index is 12.1. The number of nitrogens with two attached hydrogens (primary N) is 1. The van der Waals surface area contributed by atoms with E-state index in [0.29, 0.717) is 22.2 Å². The fraction of sp³-hybridized carbons (Fsp3) is 0.500. The molecule has 114 valence electrons. The summed E-state index contributed by atoms with van der Waals surface area (Å²) in [4.78, 5) is 12.1. The highest BCUT2D eigenvalue weighted by Gasteiger charge is 2.28. The molecule has 0 fully saturated rings.